The van der Waals surface area contributed by atoms with Gasteiger partial charge in [-0.1, -0.05) is 0 Å². The molecule has 0 unspecified atom stereocenters. The van der Waals surface area contributed by atoms with Gasteiger partial charge in [0.15, 0.2) is 0 Å². The molecule has 0 radical (unpaired) electrons. The standard InChI is InChI=1S/C7H4ClN3O2/c8-7-9-10(7)5-1-3-6(4-2-5)11(12)13/h1-4H. The Labute approximate surface area is 78.4 Å². The van der Waals surface area contributed by atoms with Gasteiger partial charge in [0.1, 0.15) is 0 Å². The second-order valence-corrected chi connectivity index (χ2v) is 2.79. The van der Waals surface area contributed by atoms with E-state index < -0.39 is 4.92 Å². The highest BCUT2D eigenvalue weighted by Gasteiger charge is 2.23. The predicted molar refractivity (Wildman–Crippen MR) is 48.9 cm³/mol. The Bertz CT molecular complexity index is 387. The normalized spacial score (nSPS) is 13.9. The summed E-state index contributed by atoms with van der Waals surface area (Å²) in [6.45, 7) is 0. The van der Waals surface area contributed by atoms with Gasteiger partial charge in [-0.2, -0.15) is 0 Å². The number of halogens is 1. The minimum absolute atomic E-state index is 0.0572. The van der Waals surface area contributed by atoms with E-state index in [2.05, 4.69) is 5.10 Å². The summed E-state index contributed by atoms with van der Waals surface area (Å²) in [6.07, 6.45) is 0. The maximum absolute atomic E-state index is 10.3. The van der Waals surface area contributed by atoms with Gasteiger partial charge in [0.25, 0.3) is 5.69 Å². The minimum Gasteiger partial charge on any atom is -0.258 e. The fourth-order valence-corrected chi connectivity index (χ4v) is 1.11. The van der Waals surface area contributed by atoms with Crippen LogP contribution in [-0.2, 0) is 0 Å². The van der Waals surface area contributed by atoms with Crippen molar-refractivity contribution in [2.45, 2.75) is 0 Å². The lowest BCUT2D eigenvalue weighted by Gasteiger charge is -1.98. The number of nitro groups is 1. The number of anilines is 1. The van der Waals surface area contributed by atoms with Crippen LogP contribution in [0.4, 0.5) is 11.4 Å². The number of hydrazone groups is 1. The van der Waals surface area contributed by atoms with Gasteiger partial charge in [0, 0.05) is 12.1 Å². The average Bonchev–Trinajstić information content (AvgIpc) is 2.83. The molecule has 6 heteroatoms. The molecule has 1 heterocycles. The zero-order valence-corrected chi connectivity index (χ0v) is 7.10. The van der Waals surface area contributed by atoms with E-state index in [9.17, 15) is 10.1 Å². The van der Waals surface area contributed by atoms with Crippen LogP contribution in [-0.4, -0.2) is 10.2 Å². The zero-order chi connectivity index (χ0) is 9.42. The van der Waals surface area contributed by atoms with Crippen LogP contribution in [0.2, 0.25) is 0 Å². The number of hydrogen-bond acceptors (Lipinski definition) is 4. The van der Waals surface area contributed by atoms with E-state index in [1.807, 2.05) is 0 Å². The van der Waals surface area contributed by atoms with Crippen LogP contribution in [0.25, 0.3) is 0 Å². The highest BCUT2D eigenvalue weighted by atomic mass is 35.5. The molecule has 0 saturated carbocycles. The van der Waals surface area contributed by atoms with Crippen LogP contribution in [0.5, 0.6) is 0 Å². The van der Waals surface area contributed by atoms with Crippen LogP contribution >= 0.6 is 11.6 Å². The lowest BCUT2D eigenvalue weighted by atomic mass is 10.3. The van der Waals surface area contributed by atoms with Crippen molar-refractivity contribution in [1.29, 1.82) is 0 Å². The van der Waals surface area contributed by atoms with Crippen LogP contribution in [0, 0.1) is 10.1 Å². The topological polar surface area (TPSA) is 58.5 Å². The van der Waals surface area contributed by atoms with E-state index in [1.54, 1.807) is 12.1 Å². The van der Waals surface area contributed by atoms with E-state index in [-0.39, 0.29) is 5.69 Å². The van der Waals surface area contributed by atoms with Gasteiger partial charge in [0.2, 0.25) is 5.29 Å². The van der Waals surface area contributed by atoms with Crippen molar-refractivity contribution in [1.82, 2.24) is 0 Å². The first kappa shape index (κ1) is 8.00. The Hall–Kier alpha value is -1.62. The third-order valence-electron chi connectivity index (χ3n) is 1.62. The zero-order valence-electron chi connectivity index (χ0n) is 6.35. The molecule has 1 aliphatic rings. The molecule has 0 atom stereocenters. The molecule has 1 aromatic carbocycles. The van der Waals surface area contributed by atoms with Crippen molar-refractivity contribution in [3.05, 3.63) is 34.4 Å². The summed E-state index contributed by atoms with van der Waals surface area (Å²) in [5.74, 6) is 0. The minimum atomic E-state index is -0.450. The second kappa shape index (κ2) is 2.70. The van der Waals surface area contributed by atoms with Crippen molar-refractivity contribution < 1.29 is 4.92 Å². The maximum atomic E-state index is 10.3. The number of nitrogens with zero attached hydrogens (tertiary/aromatic N) is 3. The first-order valence-corrected chi connectivity index (χ1v) is 3.85. The van der Waals surface area contributed by atoms with E-state index in [4.69, 9.17) is 11.6 Å². The number of benzene rings is 1. The smallest absolute Gasteiger partial charge is 0.258 e. The first-order chi connectivity index (χ1) is 6.18. The van der Waals surface area contributed by atoms with Crippen LogP contribution in [0.15, 0.2) is 29.4 Å². The number of hydrogen-bond donors (Lipinski definition) is 0. The van der Waals surface area contributed by atoms with E-state index in [1.165, 1.54) is 17.1 Å². The summed E-state index contributed by atoms with van der Waals surface area (Å²) in [6, 6.07) is 6.01. The van der Waals surface area contributed by atoms with Gasteiger partial charge in [0.05, 0.1) is 10.6 Å². The third kappa shape index (κ3) is 1.46. The molecular formula is C7H4ClN3O2. The quantitative estimate of drug-likeness (QED) is 0.414. The highest BCUT2D eigenvalue weighted by Crippen LogP contribution is 2.26. The Morgan fingerprint density at radius 1 is 1.38 bits per heavy atom. The van der Waals surface area contributed by atoms with Gasteiger partial charge in [-0.05, 0) is 23.7 Å². The Kier molecular flexibility index (Phi) is 1.66. The third-order valence-corrected chi connectivity index (χ3v) is 1.86. The van der Waals surface area contributed by atoms with Crippen LogP contribution in [0.3, 0.4) is 0 Å². The van der Waals surface area contributed by atoms with E-state index in [0.29, 0.717) is 5.29 Å². The lowest BCUT2D eigenvalue weighted by molar-refractivity contribution is -0.384. The number of non-ortho nitro benzene ring substituents is 1. The molecule has 0 N–H and O–H groups in total. The van der Waals surface area contributed by atoms with Gasteiger partial charge < -0.3 is 0 Å². The summed E-state index contributed by atoms with van der Waals surface area (Å²) < 4.78 is 0. The Morgan fingerprint density at radius 3 is 2.31 bits per heavy atom. The molecule has 0 spiro atoms. The molecular weight excluding hydrogens is 194 g/mol. The first-order valence-electron chi connectivity index (χ1n) is 3.47. The summed E-state index contributed by atoms with van der Waals surface area (Å²) in [4.78, 5) is 9.85. The number of nitro benzene ring substituents is 1. The molecule has 0 aromatic heterocycles. The molecule has 1 aromatic rings. The number of rotatable bonds is 2. The van der Waals surface area contributed by atoms with E-state index >= 15 is 0 Å². The molecule has 0 aliphatic carbocycles. The SMILES string of the molecule is O=[N+]([O-])c1ccc(N2N=C2Cl)cc1. The summed E-state index contributed by atoms with van der Waals surface area (Å²) >= 11 is 5.53. The van der Waals surface area contributed by atoms with Crippen molar-refractivity contribution in [3.63, 3.8) is 0 Å². The molecule has 0 fully saturated rings. The molecule has 1 aliphatic heterocycles. The highest BCUT2D eigenvalue weighted by molar-refractivity contribution is 6.71. The predicted octanol–water partition coefficient (Wildman–Crippen LogP) is 1.92. The van der Waals surface area contributed by atoms with Crippen LogP contribution < -0.4 is 5.01 Å². The molecule has 0 saturated heterocycles. The molecule has 13 heavy (non-hydrogen) atoms. The fourth-order valence-electron chi connectivity index (χ4n) is 0.940. The summed E-state index contributed by atoms with van der Waals surface area (Å²) in [5.41, 5.74) is 0.789. The van der Waals surface area contributed by atoms with Crippen LogP contribution in [0.1, 0.15) is 0 Å². The monoisotopic (exact) mass is 197 g/mol. The Balaban J connectivity index is 2.20. The largest absolute Gasteiger partial charge is 0.269 e. The molecule has 0 amide bonds. The Morgan fingerprint density at radius 2 is 1.92 bits per heavy atom. The second-order valence-electron chi connectivity index (χ2n) is 2.45. The average molecular weight is 198 g/mol. The van der Waals surface area contributed by atoms with E-state index in [0.717, 1.165) is 5.69 Å². The fraction of sp³-hybridized carbons (Fsp3) is 0. The van der Waals surface area contributed by atoms with Crippen molar-refractivity contribution in [2.75, 3.05) is 5.01 Å². The molecule has 5 nitrogen and oxygen atoms in total. The lowest BCUT2D eigenvalue weighted by Crippen LogP contribution is -1.97. The van der Waals surface area contributed by atoms with Gasteiger partial charge in [-0.15, -0.1) is 5.10 Å². The maximum Gasteiger partial charge on any atom is 0.269 e. The molecule has 0 bridgehead atoms. The summed E-state index contributed by atoms with van der Waals surface area (Å²) in [5, 5.41) is 15.9. The van der Waals surface area contributed by atoms with Gasteiger partial charge in [-0.3, -0.25) is 10.1 Å². The molecule has 2 rings (SSSR count). The van der Waals surface area contributed by atoms with Crippen molar-refractivity contribution in [3.8, 4) is 0 Å². The van der Waals surface area contributed by atoms with Gasteiger partial charge >= 0.3 is 0 Å². The molecule has 66 valence electrons. The van der Waals surface area contributed by atoms with Gasteiger partial charge in [-0.25, -0.2) is 5.01 Å². The summed E-state index contributed by atoms with van der Waals surface area (Å²) in [7, 11) is 0. The van der Waals surface area contributed by atoms with Crippen molar-refractivity contribution >= 4 is 28.3 Å². The number of amidine groups is 1. The van der Waals surface area contributed by atoms with Crippen molar-refractivity contribution in [2.24, 2.45) is 5.10 Å².